The molecule has 2 aromatic rings. The molecule has 0 aliphatic heterocycles. The molecule has 0 spiro atoms. The Morgan fingerprint density at radius 1 is 1.38 bits per heavy atom. The lowest BCUT2D eigenvalue weighted by Gasteiger charge is -2.19. The van der Waals surface area contributed by atoms with Crippen molar-refractivity contribution < 1.29 is 9.53 Å². The van der Waals surface area contributed by atoms with E-state index in [1.54, 1.807) is 44.0 Å². The first kappa shape index (κ1) is 15.3. The second kappa shape index (κ2) is 5.73. The molecule has 1 N–H and O–H groups in total. The summed E-state index contributed by atoms with van der Waals surface area (Å²) in [7, 11) is 0. The maximum Gasteiger partial charge on any atom is 0.412 e. The second-order valence-electron chi connectivity index (χ2n) is 5.63. The molecule has 21 heavy (non-hydrogen) atoms. The van der Waals surface area contributed by atoms with Gasteiger partial charge in [0.15, 0.2) is 5.15 Å². The van der Waals surface area contributed by atoms with Gasteiger partial charge in [-0.3, -0.25) is 10.3 Å². The first-order chi connectivity index (χ1) is 9.74. The van der Waals surface area contributed by atoms with E-state index in [0.29, 0.717) is 5.69 Å². The molecule has 0 atom stereocenters. The molecule has 0 aromatic carbocycles. The topological polar surface area (TPSA) is 69.0 Å². The van der Waals surface area contributed by atoms with Crippen LogP contribution in [0.5, 0.6) is 0 Å². The van der Waals surface area contributed by atoms with Crippen LogP contribution in [0, 0.1) is 6.92 Å². The normalized spacial score (nSPS) is 11.3. The van der Waals surface area contributed by atoms with E-state index in [1.165, 1.54) is 0 Å². The van der Waals surface area contributed by atoms with Gasteiger partial charge in [0, 0.05) is 6.20 Å². The van der Waals surface area contributed by atoms with Crippen LogP contribution in [-0.2, 0) is 4.74 Å². The molecule has 2 heterocycles. The zero-order valence-electron chi connectivity index (χ0n) is 12.3. The van der Waals surface area contributed by atoms with Gasteiger partial charge >= 0.3 is 6.09 Å². The van der Waals surface area contributed by atoms with Crippen LogP contribution in [0.4, 0.5) is 10.5 Å². The summed E-state index contributed by atoms with van der Waals surface area (Å²) < 4.78 is 6.72. The van der Waals surface area contributed by atoms with E-state index in [0.717, 1.165) is 11.3 Å². The first-order valence-corrected chi connectivity index (χ1v) is 6.79. The van der Waals surface area contributed by atoms with Gasteiger partial charge in [0.25, 0.3) is 0 Å². The van der Waals surface area contributed by atoms with Gasteiger partial charge in [-0.15, -0.1) is 0 Å². The lowest BCUT2D eigenvalue weighted by molar-refractivity contribution is 0.0636. The van der Waals surface area contributed by atoms with Gasteiger partial charge in [0.05, 0.1) is 18.1 Å². The summed E-state index contributed by atoms with van der Waals surface area (Å²) in [6.07, 6.45) is 4.44. The Morgan fingerprint density at radius 2 is 2.10 bits per heavy atom. The zero-order valence-corrected chi connectivity index (χ0v) is 13.1. The minimum absolute atomic E-state index is 0.183. The first-order valence-electron chi connectivity index (χ1n) is 6.42. The molecule has 0 unspecified atom stereocenters. The summed E-state index contributed by atoms with van der Waals surface area (Å²) >= 11 is 6.03. The lowest BCUT2D eigenvalue weighted by atomic mass is 10.2. The van der Waals surface area contributed by atoms with E-state index in [-0.39, 0.29) is 5.15 Å². The van der Waals surface area contributed by atoms with Crippen molar-refractivity contribution in [3.8, 4) is 5.69 Å². The van der Waals surface area contributed by atoms with Crippen LogP contribution in [0.3, 0.4) is 0 Å². The minimum Gasteiger partial charge on any atom is -0.444 e. The molecule has 112 valence electrons. The van der Waals surface area contributed by atoms with E-state index in [9.17, 15) is 4.79 Å². The molecule has 6 nitrogen and oxygen atoms in total. The summed E-state index contributed by atoms with van der Waals surface area (Å²) in [6.45, 7) is 7.30. The van der Waals surface area contributed by atoms with Gasteiger partial charge in [0.1, 0.15) is 11.3 Å². The average Bonchev–Trinajstić information content (AvgIpc) is 2.68. The second-order valence-corrected chi connectivity index (χ2v) is 5.98. The number of hydrogen-bond acceptors (Lipinski definition) is 4. The van der Waals surface area contributed by atoms with Crippen LogP contribution in [0.2, 0.25) is 5.15 Å². The Bertz CT molecular complexity index is 661. The number of carbonyl (C=O) groups is 1. The number of ether oxygens (including phenoxy) is 1. The van der Waals surface area contributed by atoms with Crippen LogP contribution in [0.1, 0.15) is 26.3 Å². The van der Waals surface area contributed by atoms with Crippen LogP contribution in [0.25, 0.3) is 5.69 Å². The average molecular weight is 309 g/mol. The Kier molecular flexibility index (Phi) is 4.18. The van der Waals surface area contributed by atoms with E-state index in [4.69, 9.17) is 16.3 Å². The van der Waals surface area contributed by atoms with Gasteiger partial charge in [-0.05, 0) is 39.3 Å². The third-order valence-corrected chi connectivity index (χ3v) is 2.71. The highest BCUT2D eigenvalue weighted by Crippen LogP contribution is 2.22. The Morgan fingerprint density at radius 3 is 2.71 bits per heavy atom. The number of nitrogens with zero attached hydrogens (tertiary/aromatic N) is 3. The van der Waals surface area contributed by atoms with E-state index in [2.05, 4.69) is 15.4 Å². The van der Waals surface area contributed by atoms with Crippen molar-refractivity contribution in [1.82, 2.24) is 14.8 Å². The summed E-state index contributed by atoms with van der Waals surface area (Å²) in [6, 6.07) is 1.91. The highest BCUT2D eigenvalue weighted by Gasteiger charge is 2.18. The highest BCUT2D eigenvalue weighted by molar-refractivity contribution is 6.32. The van der Waals surface area contributed by atoms with Gasteiger partial charge < -0.3 is 4.74 Å². The van der Waals surface area contributed by atoms with E-state index < -0.39 is 11.7 Å². The number of anilines is 1. The number of halogens is 1. The molecule has 0 radical (unpaired) electrons. The van der Waals surface area contributed by atoms with Crippen molar-refractivity contribution in [3.63, 3.8) is 0 Å². The third-order valence-electron chi connectivity index (χ3n) is 2.43. The van der Waals surface area contributed by atoms with E-state index >= 15 is 0 Å². The van der Waals surface area contributed by atoms with Crippen molar-refractivity contribution >= 4 is 23.4 Å². The molecular weight excluding hydrogens is 292 g/mol. The third kappa shape index (κ3) is 4.19. The van der Waals surface area contributed by atoms with Gasteiger partial charge in [0.2, 0.25) is 0 Å². The fourth-order valence-electron chi connectivity index (χ4n) is 1.65. The standard InChI is InChI=1S/C14H17ClN4O2/c1-9-5-10(7-16-6-9)19-8-11(12(15)18-19)17-13(20)21-14(2,3)4/h5-8H,1-4H3,(H,17,20). The monoisotopic (exact) mass is 308 g/mol. The largest absolute Gasteiger partial charge is 0.444 e. The number of carbonyl (C=O) groups excluding carboxylic acids is 1. The van der Waals surface area contributed by atoms with Crippen molar-refractivity contribution in [2.24, 2.45) is 0 Å². The van der Waals surface area contributed by atoms with Gasteiger partial charge in [-0.25, -0.2) is 9.48 Å². The summed E-state index contributed by atoms with van der Waals surface area (Å²) in [5.74, 6) is 0. The summed E-state index contributed by atoms with van der Waals surface area (Å²) in [5, 5.41) is 6.90. The Hall–Kier alpha value is -2.08. The zero-order chi connectivity index (χ0) is 15.6. The number of hydrogen-bond donors (Lipinski definition) is 1. The van der Waals surface area contributed by atoms with Crippen LogP contribution >= 0.6 is 11.6 Å². The summed E-state index contributed by atoms with van der Waals surface area (Å²) in [5.41, 5.74) is 1.56. The van der Waals surface area contributed by atoms with Crippen LogP contribution in [0.15, 0.2) is 24.7 Å². The fourth-order valence-corrected chi connectivity index (χ4v) is 1.82. The summed E-state index contributed by atoms with van der Waals surface area (Å²) in [4.78, 5) is 15.8. The number of pyridine rings is 1. The molecule has 0 fully saturated rings. The van der Waals surface area contributed by atoms with Crippen molar-refractivity contribution in [2.45, 2.75) is 33.3 Å². The van der Waals surface area contributed by atoms with Crippen LogP contribution in [-0.4, -0.2) is 26.5 Å². The molecule has 0 aliphatic rings. The number of aryl methyl sites for hydroxylation is 1. The molecule has 0 saturated heterocycles. The molecule has 0 bridgehead atoms. The predicted molar refractivity (Wildman–Crippen MR) is 81.0 cm³/mol. The highest BCUT2D eigenvalue weighted by atomic mass is 35.5. The predicted octanol–water partition coefficient (Wildman–Crippen LogP) is 3.58. The van der Waals surface area contributed by atoms with Crippen molar-refractivity contribution in [1.29, 1.82) is 0 Å². The maximum absolute atomic E-state index is 11.7. The number of amides is 1. The maximum atomic E-state index is 11.7. The SMILES string of the molecule is Cc1cncc(-n2cc(NC(=O)OC(C)(C)C)c(Cl)n2)c1. The fraction of sp³-hybridized carbons (Fsp3) is 0.357. The molecule has 2 aromatic heterocycles. The van der Waals surface area contributed by atoms with Crippen molar-refractivity contribution in [2.75, 3.05) is 5.32 Å². The Labute approximate surface area is 128 Å². The van der Waals surface area contributed by atoms with Gasteiger partial charge in [-0.2, -0.15) is 5.10 Å². The Balaban J connectivity index is 2.18. The number of aromatic nitrogens is 3. The van der Waals surface area contributed by atoms with E-state index in [1.807, 2.05) is 13.0 Å². The van der Waals surface area contributed by atoms with Gasteiger partial charge in [-0.1, -0.05) is 11.6 Å². The van der Waals surface area contributed by atoms with Crippen LogP contribution < -0.4 is 5.32 Å². The minimum atomic E-state index is -0.577. The molecule has 1 amide bonds. The molecule has 2 rings (SSSR count). The van der Waals surface area contributed by atoms with Crippen molar-refractivity contribution in [3.05, 3.63) is 35.4 Å². The quantitative estimate of drug-likeness (QED) is 0.920. The smallest absolute Gasteiger partial charge is 0.412 e. The molecule has 0 aliphatic carbocycles. The molecular formula is C14H17ClN4O2. The number of nitrogens with one attached hydrogen (secondary N) is 1. The molecule has 7 heteroatoms. The number of rotatable bonds is 2. The molecule has 0 saturated carbocycles. The lowest BCUT2D eigenvalue weighted by Crippen LogP contribution is -2.27.